The van der Waals surface area contributed by atoms with Gasteiger partial charge in [-0.3, -0.25) is 14.6 Å². The number of nitrogens with zero attached hydrogens (tertiary/aromatic N) is 5. The first-order valence-corrected chi connectivity index (χ1v) is 7.54. The summed E-state index contributed by atoms with van der Waals surface area (Å²) in [5, 5.41) is 0. The zero-order valence-electron chi connectivity index (χ0n) is 12.4. The largest absolute Gasteiger partial charge is 0.333 e. The van der Waals surface area contributed by atoms with Gasteiger partial charge in [-0.15, -0.1) is 0 Å². The minimum Gasteiger partial charge on any atom is -0.333 e. The average molecular weight is 309 g/mol. The molecule has 2 aliphatic rings. The summed E-state index contributed by atoms with van der Waals surface area (Å²) in [4.78, 5) is 40.6. The van der Waals surface area contributed by atoms with Crippen LogP contribution in [0.3, 0.4) is 0 Å². The highest BCUT2D eigenvalue weighted by Gasteiger charge is 2.49. The molecule has 7 heteroatoms. The lowest BCUT2D eigenvalue weighted by atomic mass is 10.1. The number of fused-ring (bicyclic) bond motifs is 1. The molecular weight excluding hydrogens is 294 g/mol. The Kier molecular flexibility index (Phi) is 3.25. The Labute approximate surface area is 133 Å². The Bertz CT molecular complexity index is 737. The molecule has 4 heterocycles. The van der Waals surface area contributed by atoms with Crippen LogP contribution in [0.4, 0.5) is 5.69 Å². The van der Waals surface area contributed by atoms with Crippen LogP contribution in [0.15, 0.2) is 43.2 Å². The maximum Gasteiger partial charge on any atom is 0.254 e. The molecule has 2 fully saturated rings. The summed E-state index contributed by atoms with van der Waals surface area (Å²) in [6.45, 7) is 0.647. The topological polar surface area (TPSA) is 79.3 Å². The first-order chi connectivity index (χ1) is 11.3. The highest BCUT2D eigenvalue weighted by atomic mass is 16.2. The minimum absolute atomic E-state index is 0.000660. The number of carbonyl (C=O) groups excluding carboxylic acids is 2. The average Bonchev–Trinajstić information content (AvgIpc) is 3.13. The SMILES string of the molecule is O=C(c1ccncc1)N1CC[C@H]2[C@H]1CC(=O)N2c1cncnc1. The van der Waals surface area contributed by atoms with Gasteiger partial charge in [0.25, 0.3) is 5.91 Å². The van der Waals surface area contributed by atoms with Gasteiger partial charge in [-0.05, 0) is 18.6 Å². The molecule has 2 aromatic heterocycles. The Morgan fingerprint density at radius 2 is 1.83 bits per heavy atom. The van der Waals surface area contributed by atoms with Gasteiger partial charge in [0.05, 0.1) is 30.2 Å². The zero-order valence-corrected chi connectivity index (χ0v) is 12.4. The van der Waals surface area contributed by atoms with Crippen LogP contribution in [0.5, 0.6) is 0 Å². The van der Waals surface area contributed by atoms with Gasteiger partial charge < -0.3 is 9.80 Å². The van der Waals surface area contributed by atoms with Crippen molar-refractivity contribution in [1.29, 1.82) is 0 Å². The lowest BCUT2D eigenvalue weighted by Crippen LogP contribution is -2.40. The number of aromatic nitrogens is 3. The molecular formula is C16H15N5O2. The predicted molar refractivity (Wildman–Crippen MR) is 81.6 cm³/mol. The minimum atomic E-state index is -0.0941. The first kappa shape index (κ1) is 13.8. The molecule has 116 valence electrons. The molecule has 0 unspecified atom stereocenters. The highest BCUT2D eigenvalue weighted by molar-refractivity contribution is 6.00. The maximum atomic E-state index is 12.7. The van der Waals surface area contributed by atoms with Crippen molar-refractivity contribution in [2.45, 2.75) is 24.9 Å². The summed E-state index contributed by atoms with van der Waals surface area (Å²) in [7, 11) is 0. The molecule has 2 saturated heterocycles. The molecule has 2 aliphatic heterocycles. The summed E-state index contributed by atoms with van der Waals surface area (Å²) in [5.41, 5.74) is 1.30. The molecule has 0 saturated carbocycles. The molecule has 4 rings (SSSR count). The summed E-state index contributed by atoms with van der Waals surface area (Å²) in [6, 6.07) is 3.31. The summed E-state index contributed by atoms with van der Waals surface area (Å²) in [5.74, 6) is -0.0270. The van der Waals surface area contributed by atoms with E-state index in [4.69, 9.17) is 0 Å². The van der Waals surface area contributed by atoms with Crippen LogP contribution >= 0.6 is 0 Å². The van der Waals surface area contributed by atoms with Crippen molar-refractivity contribution in [1.82, 2.24) is 19.9 Å². The summed E-state index contributed by atoms with van der Waals surface area (Å²) in [6.07, 6.45) is 9.04. The second-order valence-corrected chi connectivity index (χ2v) is 5.72. The van der Waals surface area contributed by atoms with Crippen molar-refractivity contribution in [2.75, 3.05) is 11.4 Å². The third kappa shape index (κ3) is 2.25. The van der Waals surface area contributed by atoms with E-state index in [0.717, 1.165) is 6.42 Å². The van der Waals surface area contributed by atoms with E-state index < -0.39 is 0 Å². The van der Waals surface area contributed by atoms with Crippen LogP contribution in [0.1, 0.15) is 23.2 Å². The van der Waals surface area contributed by atoms with E-state index in [9.17, 15) is 9.59 Å². The number of hydrogen-bond donors (Lipinski definition) is 0. The van der Waals surface area contributed by atoms with Crippen LogP contribution in [0, 0.1) is 0 Å². The standard InChI is InChI=1S/C16H15N5O2/c22-15-7-14-13(21(15)12-8-18-10-19-9-12)3-6-20(14)16(23)11-1-4-17-5-2-11/h1-2,4-5,8-10,13-14H,3,6-7H2/t13-,14+/m0/s1. The number of rotatable bonds is 2. The lowest BCUT2D eigenvalue weighted by Gasteiger charge is -2.25. The van der Waals surface area contributed by atoms with Gasteiger partial charge in [0, 0.05) is 30.9 Å². The van der Waals surface area contributed by atoms with Crippen LogP contribution < -0.4 is 4.90 Å². The van der Waals surface area contributed by atoms with Gasteiger partial charge >= 0.3 is 0 Å². The highest BCUT2D eigenvalue weighted by Crippen LogP contribution is 2.36. The molecule has 2 amide bonds. The van der Waals surface area contributed by atoms with Crippen LogP contribution in [0.25, 0.3) is 0 Å². The molecule has 0 bridgehead atoms. The number of likely N-dealkylation sites (tertiary alicyclic amines) is 1. The van der Waals surface area contributed by atoms with Crippen molar-refractivity contribution in [3.05, 3.63) is 48.8 Å². The summed E-state index contributed by atoms with van der Waals surface area (Å²) >= 11 is 0. The second kappa shape index (κ2) is 5.42. The van der Waals surface area contributed by atoms with E-state index in [1.165, 1.54) is 6.33 Å². The van der Waals surface area contributed by atoms with Crippen LogP contribution in [0.2, 0.25) is 0 Å². The molecule has 0 spiro atoms. The number of pyridine rings is 1. The normalized spacial score (nSPS) is 23.2. The van der Waals surface area contributed by atoms with E-state index in [2.05, 4.69) is 15.0 Å². The molecule has 0 aromatic carbocycles. The third-order valence-electron chi connectivity index (χ3n) is 4.51. The smallest absolute Gasteiger partial charge is 0.254 e. The predicted octanol–water partition coefficient (Wildman–Crippen LogP) is 0.892. The fraction of sp³-hybridized carbons (Fsp3) is 0.312. The number of anilines is 1. The van der Waals surface area contributed by atoms with Gasteiger partial charge in [-0.2, -0.15) is 0 Å². The Morgan fingerprint density at radius 3 is 2.57 bits per heavy atom. The van der Waals surface area contributed by atoms with Crippen LogP contribution in [-0.4, -0.2) is 50.3 Å². The van der Waals surface area contributed by atoms with E-state index in [-0.39, 0.29) is 23.9 Å². The van der Waals surface area contributed by atoms with E-state index >= 15 is 0 Å². The van der Waals surface area contributed by atoms with Gasteiger partial charge in [0.15, 0.2) is 0 Å². The van der Waals surface area contributed by atoms with Gasteiger partial charge in [-0.1, -0.05) is 0 Å². The quantitative estimate of drug-likeness (QED) is 0.823. The molecule has 2 aromatic rings. The van der Waals surface area contributed by atoms with Crippen molar-refractivity contribution < 1.29 is 9.59 Å². The Balaban J connectivity index is 1.60. The molecule has 0 N–H and O–H groups in total. The third-order valence-corrected chi connectivity index (χ3v) is 4.51. The molecule has 0 aliphatic carbocycles. The monoisotopic (exact) mass is 309 g/mol. The zero-order chi connectivity index (χ0) is 15.8. The lowest BCUT2D eigenvalue weighted by molar-refractivity contribution is -0.117. The number of carbonyl (C=O) groups is 2. The Hall–Kier alpha value is -2.83. The van der Waals surface area contributed by atoms with Gasteiger partial charge in [0.1, 0.15) is 6.33 Å². The van der Waals surface area contributed by atoms with Crippen molar-refractivity contribution in [3.63, 3.8) is 0 Å². The van der Waals surface area contributed by atoms with Crippen molar-refractivity contribution in [3.8, 4) is 0 Å². The first-order valence-electron chi connectivity index (χ1n) is 7.54. The fourth-order valence-electron chi connectivity index (χ4n) is 3.51. The van der Waals surface area contributed by atoms with E-state index in [1.807, 2.05) is 4.90 Å². The van der Waals surface area contributed by atoms with E-state index in [1.54, 1.807) is 41.8 Å². The molecule has 0 radical (unpaired) electrons. The summed E-state index contributed by atoms with van der Waals surface area (Å²) < 4.78 is 0. The number of amides is 2. The fourth-order valence-corrected chi connectivity index (χ4v) is 3.51. The molecule has 7 nitrogen and oxygen atoms in total. The second-order valence-electron chi connectivity index (χ2n) is 5.72. The van der Waals surface area contributed by atoms with Crippen molar-refractivity contribution >= 4 is 17.5 Å². The number of hydrogen-bond acceptors (Lipinski definition) is 5. The van der Waals surface area contributed by atoms with Gasteiger partial charge in [0.2, 0.25) is 5.91 Å². The van der Waals surface area contributed by atoms with Gasteiger partial charge in [-0.25, -0.2) is 9.97 Å². The molecule has 2 atom stereocenters. The Morgan fingerprint density at radius 1 is 1.09 bits per heavy atom. The maximum absolute atomic E-state index is 12.7. The van der Waals surface area contributed by atoms with Crippen LogP contribution in [-0.2, 0) is 4.79 Å². The molecule has 23 heavy (non-hydrogen) atoms. The van der Waals surface area contributed by atoms with Crippen molar-refractivity contribution in [2.24, 2.45) is 0 Å². The van der Waals surface area contributed by atoms with E-state index in [0.29, 0.717) is 24.2 Å².